The number of nitrogens with one attached hydrogen (secondary N) is 2. The molecule has 0 unspecified atom stereocenters. The first-order valence-electron chi connectivity index (χ1n) is 5.50. The predicted octanol–water partition coefficient (Wildman–Crippen LogP) is -0.190. The number of thiophene rings is 1. The van der Waals surface area contributed by atoms with Crippen LogP contribution in [0.3, 0.4) is 0 Å². The first kappa shape index (κ1) is 13.2. The Bertz CT molecular complexity index is 621. The van der Waals surface area contributed by atoms with Crippen LogP contribution in [0.25, 0.3) is 0 Å². The molecule has 8 heteroatoms. The Morgan fingerprint density at radius 2 is 2.47 bits per heavy atom. The van der Waals surface area contributed by atoms with Crippen LogP contribution in [0.2, 0.25) is 0 Å². The Morgan fingerprint density at radius 3 is 3.16 bits per heavy atom. The van der Waals surface area contributed by atoms with Gasteiger partial charge >= 0.3 is 0 Å². The van der Waals surface area contributed by atoms with Crippen molar-refractivity contribution in [2.75, 3.05) is 6.54 Å². The number of aromatic amines is 1. The van der Waals surface area contributed by atoms with Crippen LogP contribution in [0.5, 0.6) is 0 Å². The Hall–Kier alpha value is -2.24. The van der Waals surface area contributed by atoms with Crippen LogP contribution in [0.1, 0.15) is 25.9 Å². The molecule has 98 valence electrons. The number of aromatic nitrogens is 4. The van der Waals surface area contributed by atoms with Gasteiger partial charge in [-0.3, -0.25) is 4.79 Å². The molecule has 0 aromatic carbocycles. The van der Waals surface area contributed by atoms with E-state index in [0.717, 1.165) is 10.4 Å². The van der Waals surface area contributed by atoms with Gasteiger partial charge in [0.1, 0.15) is 0 Å². The third-order valence-electron chi connectivity index (χ3n) is 2.24. The molecule has 0 aliphatic heterocycles. The zero-order chi connectivity index (χ0) is 13.7. The first-order valence-corrected chi connectivity index (χ1v) is 6.32. The van der Waals surface area contributed by atoms with E-state index in [1.54, 1.807) is 6.07 Å². The lowest BCUT2D eigenvalue weighted by Crippen LogP contribution is -2.22. The van der Waals surface area contributed by atoms with E-state index in [9.17, 15) is 4.79 Å². The monoisotopic (exact) mass is 276 g/mol. The minimum atomic E-state index is -0.182. The van der Waals surface area contributed by atoms with Crippen molar-refractivity contribution in [3.8, 4) is 11.8 Å². The molecule has 0 aliphatic rings. The Morgan fingerprint density at radius 1 is 1.63 bits per heavy atom. The van der Waals surface area contributed by atoms with Crippen molar-refractivity contribution in [2.45, 2.75) is 13.5 Å². The molecule has 1 amide bonds. The highest BCUT2D eigenvalue weighted by Gasteiger charge is 2.12. The average Bonchev–Trinajstić information content (AvgIpc) is 3.03. The molecule has 0 saturated carbocycles. The van der Waals surface area contributed by atoms with Crippen LogP contribution in [0.15, 0.2) is 6.07 Å². The number of amides is 1. The molecule has 0 spiro atoms. The number of hydrogen-bond donors (Lipinski definition) is 3. The molecule has 2 rings (SSSR count). The van der Waals surface area contributed by atoms with E-state index in [1.165, 1.54) is 11.3 Å². The van der Waals surface area contributed by atoms with Crippen LogP contribution in [0, 0.1) is 18.8 Å². The summed E-state index contributed by atoms with van der Waals surface area (Å²) in [6.07, 6.45) is 0. The quantitative estimate of drug-likeness (QED) is 0.673. The van der Waals surface area contributed by atoms with Gasteiger partial charge in [0, 0.05) is 0 Å². The van der Waals surface area contributed by atoms with E-state index in [-0.39, 0.29) is 12.5 Å². The fraction of sp³-hybridized carbons (Fsp3) is 0.273. The number of tetrazole rings is 1. The number of nitrogens with two attached hydrogens (primary N) is 1. The van der Waals surface area contributed by atoms with Gasteiger partial charge in [-0.05, 0) is 18.6 Å². The van der Waals surface area contributed by atoms with Crippen LogP contribution in [0.4, 0.5) is 0 Å². The number of carbonyl (C=O) groups excluding carboxylic acids is 1. The summed E-state index contributed by atoms with van der Waals surface area (Å²) in [5.41, 5.74) is 6.29. The molecular formula is C11H12N6OS. The number of nitrogens with zero attached hydrogens (tertiary/aromatic N) is 3. The molecule has 2 heterocycles. The van der Waals surface area contributed by atoms with Gasteiger partial charge in [-0.15, -0.1) is 21.5 Å². The molecule has 0 fully saturated rings. The number of aryl methyl sites for hydroxylation is 1. The zero-order valence-electron chi connectivity index (χ0n) is 10.2. The summed E-state index contributed by atoms with van der Waals surface area (Å²) in [4.78, 5) is 13.4. The van der Waals surface area contributed by atoms with Gasteiger partial charge in [-0.2, -0.15) is 5.21 Å². The summed E-state index contributed by atoms with van der Waals surface area (Å²) in [5.74, 6) is 5.97. The fourth-order valence-electron chi connectivity index (χ4n) is 1.35. The minimum Gasteiger partial charge on any atom is -0.344 e. The van der Waals surface area contributed by atoms with Crippen LogP contribution in [-0.4, -0.2) is 33.1 Å². The highest BCUT2D eigenvalue weighted by molar-refractivity contribution is 7.14. The van der Waals surface area contributed by atoms with Gasteiger partial charge < -0.3 is 11.1 Å². The standard InChI is InChI=1S/C11H12N6OS/c1-7-5-9(19-8(7)3-2-4-12)11(18)13-6-10-14-16-17-15-10/h5H,4,6,12H2,1H3,(H,13,18)(H,14,15,16,17). The molecule has 2 aromatic rings. The zero-order valence-corrected chi connectivity index (χ0v) is 11.0. The second-order valence-corrected chi connectivity index (χ2v) is 4.69. The van der Waals surface area contributed by atoms with E-state index >= 15 is 0 Å². The fourth-order valence-corrected chi connectivity index (χ4v) is 2.32. The van der Waals surface area contributed by atoms with Gasteiger partial charge in [0.15, 0.2) is 5.82 Å². The summed E-state index contributed by atoms with van der Waals surface area (Å²) in [6, 6.07) is 1.80. The molecule has 7 nitrogen and oxygen atoms in total. The third-order valence-corrected chi connectivity index (χ3v) is 3.39. The largest absolute Gasteiger partial charge is 0.344 e. The average molecular weight is 276 g/mol. The van der Waals surface area contributed by atoms with Crippen molar-refractivity contribution < 1.29 is 4.79 Å². The Balaban J connectivity index is 2.03. The predicted molar refractivity (Wildman–Crippen MR) is 70.3 cm³/mol. The lowest BCUT2D eigenvalue weighted by atomic mass is 10.2. The molecule has 0 saturated heterocycles. The van der Waals surface area contributed by atoms with Gasteiger partial charge in [0.2, 0.25) is 0 Å². The Kier molecular flexibility index (Phi) is 4.22. The van der Waals surface area contributed by atoms with Crippen molar-refractivity contribution in [3.05, 3.63) is 27.2 Å². The number of rotatable bonds is 3. The number of hydrogen-bond acceptors (Lipinski definition) is 6. The van der Waals surface area contributed by atoms with Crippen molar-refractivity contribution in [3.63, 3.8) is 0 Å². The van der Waals surface area contributed by atoms with Gasteiger partial charge in [0.25, 0.3) is 5.91 Å². The summed E-state index contributed by atoms with van der Waals surface area (Å²) in [5, 5.41) is 15.9. The maximum absolute atomic E-state index is 11.9. The molecule has 19 heavy (non-hydrogen) atoms. The van der Waals surface area contributed by atoms with Crippen LogP contribution >= 0.6 is 11.3 Å². The molecule has 4 N–H and O–H groups in total. The van der Waals surface area contributed by atoms with Crippen molar-refractivity contribution >= 4 is 17.2 Å². The van der Waals surface area contributed by atoms with E-state index in [0.29, 0.717) is 17.2 Å². The van der Waals surface area contributed by atoms with Crippen molar-refractivity contribution in [1.82, 2.24) is 25.9 Å². The lowest BCUT2D eigenvalue weighted by Gasteiger charge is -1.98. The molecule has 0 radical (unpaired) electrons. The first-order chi connectivity index (χ1) is 9.20. The summed E-state index contributed by atoms with van der Waals surface area (Å²) in [6.45, 7) is 2.44. The van der Waals surface area contributed by atoms with Gasteiger partial charge in [0.05, 0.1) is 22.8 Å². The number of H-pyrrole nitrogens is 1. The summed E-state index contributed by atoms with van der Waals surface area (Å²) < 4.78 is 0. The topological polar surface area (TPSA) is 110 Å². The molecule has 0 bridgehead atoms. The smallest absolute Gasteiger partial charge is 0.261 e. The van der Waals surface area contributed by atoms with Crippen molar-refractivity contribution in [2.24, 2.45) is 5.73 Å². The highest BCUT2D eigenvalue weighted by atomic mass is 32.1. The van der Waals surface area contributed by atoms with E-state index in [2.05, 4.69) is 37.8 Å². The van der Waals surface area contributed by atoms with Gasteiger partial charge in [-0.25, -0.2) is 0 Å². The maximum atomic E-state index is 11.9. The summed E-state index contributed by atoms with van der Waals surface area (Å²) >= 11 is 1.34. The SMILES string of the molecule is Cc1cc(C(=O)NCc2nn[nH]n2)sc1C#CCN. The normalized spacial score (nSPS) is 9.79. The Labute approximate surface area is 113 Å². The lowest BCUT2D eigenvalue weighted by molar-refractivity contribution is 0.0954. The molecule has 0 atom stereocenters. The molecule has 2 aromatic heterocycles. The minimum absolute atomic E-state index is 0.182. The summed E-state index contributed by atoms with van der Waals surface area (Å²) in [7, 11) is 0. The van der Waals surface area contributed by atoms with Gasteiger partial charge in [-0.1, -0.05) is 17.1 Å². The van der Waals surface area contributed by atoms with Crippen LogP contribution < -0.4 is 11.1 Å². The van der Waals surface area contributed by atoms with E-state index in [4.69, 9.17) is 5.73 Å². The van der Waals surface area contributed by atoms with Crippen molar-refractivity contribution in [1.29, 1.82) is 0 Å². The second-order valence-electron chi connectivity index (χ2n) is 3.64. The third kappa shape index (κ3) is 3.37. The van der Waals surface area contributed by atoms with E-state index in [1.807, 2.05) is 6.92 Å². The maximum Gasteiger partial charge on any atom is 0.261 e. The second kappa shape index (κ2) is 6.08. The number of carbonyl (C=O) groups is 1. The van der Waals surface area contributed by atoms with Crippen LogP contribution in [-0.2, 0) is 6.54 Å². The molecule has 0 aliphatic carbocycles. The van der Waals surface area contributed by atoms with E-state index < -0.39 is 0 Å². The highest BCUT2D eigenvalue weighted by Crippen LogP contribution is 2.20. The molecular weight excluding hydrogens is 264 g/mol.